The number of hydrogen-bond acceptors (Lipinski definition) is 4. The van der Waals surface area contributed by atoms with Crippen LogP contribution in [0.15, 0.2) is 180 Å². The molecule has 8 aromatic carbocycles. The Labute approximate surface area is 294 Å². The maximum atomic E-state index is 6.68. The molecule has 0 amide bonds. The fourth-order valence-electron chi connectivity index (χ4n) is 7.17. The van der Waals surface area contributed by atoms with E-state index < -0.39 is 0 Å². The lowest BCUT2D eigenvalue weighted by atomic mass is 9.93. The largest absolute Gasteiger partial charge is 0.456 e. The second-order valence-electron chi connectivity index (χ2n) is 12.8. The van der Waals surface area contributed by atoms with Gasteiger partial charge in [-0.05, 0) is 68.1 Å². The fourth-order valence-corrected chi connectivity index (χ4v) is 7.17. The summed E-state index contributed by atoms with van der Waals surface area (Å²) in [6.07, 6.45) is 0. The second kappa shape index (κ2) is 11.9. The molecule has 0 unspecified atom stereocenters. The van der Waals surface area contributed by atoms with Crippen LogP contribution in [-0.4, -0.2) is 15.0 Å². The van der Waals surface area contributed by atoms with Gasteiger partial charge in [0, 0.05) is 27.5 Å². The molecule has 51 heavy (non-hydrogen) atoms. The third kappa shape index (κ3) is 5.13. The number of rotatable bonds is 5. The van der Waals surface area contributed by atoms with Gasteiger partial charge in [0.05, 0.1) is 0 Å². The summed E-state index contributed by atoms with van der Waals surface area (Å²) < 4.78 is 6.68. The van der Waals surface area contributed by atoms with E-state index in [9.17, 15) is 0 Å². The van der Waals surface area contributed by atoms with E-state index in [4.69, 9.17) is 19.4 Å². The highest BCUT2D eigenvalue weighted by Gasteiger charge is 2.18. The highest BCUT2D eigenvalue weighted by molar-refractivity contribution is 6.22. The fraction of sp³-hybridized carbons (Fsp3) is 0. The van der Waals surface area contributed by atoms with Crippen molar-refractivity contribution in [3.63, 3.8) is 0 Å². The van der Waals surface area contributed by atoms with Gasteiger partial charge in [0.1, 0.15) is 11.2 Å². The van der Waals surface area contributed by atoms with E-state index in [1.54, 1.807) is 0 Å². The molecule has 2 heterocycles. The van der Waals surface area contributed by atoms with Gasteiger partial charge >= 0.3 is 0 Å². The Bertz CT molecular complexity index is 2900. The van der Waals surface area contributed by atoms with E-state index >= 15 is 0 Å². The molecule has 0 bridgehead atoms. The maximum absolute atomic E-state index is 6.68. The summed E-state index contributed by atoms with van der Waals surface area (Å²) in [5.74, 6) is 1.85. The molecule has 0 N–H and O–H groups in total. The van der Waals surface area contributed by atoms with Crippen LogP contribution in [0.1, 0.15) is 0 Å². The minimum Gasteiger partial charge on any atom is -0.456 e. The molecule has 10 aromatic rings. The number of furan rings is 1. The molecule has 0 aliphatic rings. The SMILES string of the molecule is c1ccc(-c2ccc(-c3cc4oc5cc(-c6nc(-c7ccccc7)nc(-c7ccc8ccccc8c7)n6)ccc5c4c4ccccc34)cc2)cc1. The van der Waals surface area contributed by atoms with Gasteiger partial charge < -0.3 is 4.42 Å². The molecule has 0 spiro atoms. The summed E-state index contributed by atoms with van der Waals surface area (Å²) >= 11 is 0. The molecular formula is C47H29N3O. The summed E-state index contributed by atoms with van der Waals surface area (Å²) in [6, 6.07) is 61.1. The van der Waals surface area contributed by atoms with Gasteiger partial charge in [-0.2, -0.15) is 0 Å². The molecule has 0 saturated carbocycles. The van der Waals surface area contributed by atoms with Crippen LogP contribution in [0.4, 0.5) is 0 Å². The zero-order valence-electron chi connectivity index (χ0n) is 27.5. The van der Waals surface area contributed by atoms with E-state index in [1.165, 1.54) is 21.9 Å². The van der Waals surface area contributed by atoms with E-state index in [0.717, 1.165) is 60.5 Å². The topological polar surface area (TPSA) is 51.8 Å². The predicted molar refractivity (Wildman–Crippen MR) is 209 cm³/mol. The lowest BCUT2D eigenvalue weighted by molar-refractivity contribution is 0.669. The van der Waals surface area contributed by atoms with Crippen molar-refractivity contribution < 1.29 is 4.42 Å². The van der Waals surface area contributed by atoms with E-state index in [-0.39, 0.29) is 0 Å². The lowest BCUT2D eigenvalue weighted by Crippen LogP contribution is -2.00. The van der Waals surface area contributed by atoms with Crippen molar-refractivity contribution in [3.8, 4) is 56.4 Å². The first kappa shape index (κ1) is 29.0. The van der Waals surface area contributed by atoms with Crippen LogP contribution < -0.4 is 0 Å². The Morgan fingerprint density at radius 2 is 0.843 bits per heavy atom. The molecule has 0 aliphatic heterocycles. The standard InChI is InChI=1S/C47H29N3O/c1-3-11-30(12-4-1)32-19-22-33(23-20-32)41-29-43-44(39-18-10-9-17-38(39)41)40-26-25-37(28-42(40)51-43)47-49-45(34-14-5-2-6-15-34)48-46(50-47)36-24-21-31-13-7-8-16-35(31)27-36/h1-29H. The van der Waals surface area contributed by atoms with Gasteiger partial charge in [-0.3, -0.25) is 0 Å². The summed E-state index contributed by atoms with van der Waals surface area (Å²) in [7, 11) is 0. The van der Waals surface area contributed by atoms with Crippen molar-refractivity contribution in [1.82, 2.24) is 15.0 Å². The minimum atomic E-state index is 0.596. The minimum absolute atomic E-state index is 0.596. The zero-order valence-corrected chi connectivity index (χ0v) is 27.5. The van der Waals surface area contributed by atoms with Crippen LogP contribution in [0.3, 0.4) is 0 Å². The monoisotopic (exact) mass is 651 g/mol. The number of hydrogen-bond donors (Lipinski definition) is 0. The number of aromatic nitrogens is 3. The number of fused-ring (bicyclic) bond motifs is 6. The van der Waals surface area contributed by atoms with Crippen molar-refractivity contribution in [3.05, 3.63) is 176 Å². The van der Waals surface area contributed by atoms with Crippen molar-refractivity contribution in [1.29, 1.82) is 0 Å². The molecule has 0 atom stereocenters. The van der Waals surface area contributed by atoms with E-state index in [2.05, 4.69) is 140 Å². The molecule has 10 rings (SSSR count). The Kier molecular flexibility index (Phi) is 6.78. The average Bonchev–Trinajstić information content (AvgIpc) is 3.59. The summed E-state index contributed by atoms with van der Waals surface area (Å²) in [5.41, 5.74) is 9.06. The smallest absolute Gasteiger partial charge is 0.164 e. The van der Waals surface area contributed by atoms with Gasteiger partial charge in [0.2, 0.25) is 0 Å². The number of nitrogens with zero attached hydrogens (tertiary/aromatic N) is 3. The maximum Gasteiger partial charge on any atom is 0.164 e. The molecule has 0 saturated heterocycles. The summed E-state index contributed by atoms with van der Waals surface area (Å²) in [6.45, 7) is 0. The Morgan fingerprint density at radius 1 is 0.314 bits per heavy atom. The van der Waals surface area contributed by atoms with Crippen LogP contribution in [0, 0.1) is 0 Å². The first-order chi connectivity index (χ1) is 25.2. The third-order valence-corrected chi connectivity index (χ3v) is 9.72. The summed E-state index contributed by atoms with van der Waals surface area (Å²) in [5, 5.41) is 6.83. The van der Waals surface area contributed by atoms with Gasteiger partial charge in [-0.1, -0.05) is 152 Å². The predicted octanol–water partition coefficient (Wildman–Crippen LogP) is 12.4. The van der Waals surface area contributed by atoms with Crippen molar-refractivity contribution in [2.45, 2.75) is 0 Å². The molecule has 4 heteroatoms. The molecule has 0 radical (unpaired) electrons. The molecular weight excluding hydrogens is 623 g/mol. The molecule has 0 fully saturated rings. The van der Waals surface area contributed by atoms with Gasteiger partial charge in [-0.25, -0.2) is 15.0 Å². The van der Waals surface area contributed by atoms with Crippen LogP contribution in [-0.2, 0) is 0 Å². The Hall–Kier alpha value is -6.91. The molecule has 2 aromatic heterocycles. The average molecular weight is 652 g/mol. The van der Waals surface area contributed by atoms with Crippen molar-refractivity contribution in [2.24, 2.45) is 0 Å². The third-order valence-electron chi connectivity index (χ3n) is 9.72. The van der Waals surface area contributed by atoms with Gasteiger partial charge in [0.25, 0.3) is 0 Å². The second-order valence-corrected chi connectivity index (χ2v) is 12.8. The lowest BCUT2D eigenvalue weighted by Gasteiger charge is -2.10. The van der Waals surface area contributed by atoms with Gasteiger partial charge in [0.15, 0.2) is 17.5 Å². The van der Waals surface area contributed by atoms with Crippen LogP contribution in [0.5, 0.6) is 0 Å². The Morgan fingerprint density at radius 3 is 1.59 bits per heavy atom. The highest BCUT2D eigenvalue weighted by atomic mass is 16.3. The Balaban J connectivity index is 1.12. The first-order valence-electron chi connectivity index (χ1n) is 17.1. The molecule has 4 nitrogen and oxygen atoms in total. The van der Waals surface area contributed by atoms with Crippen molar-refractivity contribution >= 4 is 43.5 Å². The van der Waals surface area contributed by atoms with Crippen LogP contribution >= 0.6 is 0 Å². The zero-order chi connectivity index (χ0) is 33.7. The first-order valence-corrected chi connectivity index (χ1v) is 17.1. The van der Waals surface area contributed by atoms with E-state index in [1.807, 2.05) is 36.4 Å². The summed E-state index contributed by atoms with van der Waals surface area (Å²) in [4.78, 5) is 15.0. The van der Waals surface area contributed by atoms with Gasteiger partial charge in [-0.15, -0.1) is 0 Å². The van der Waals surface area contributed by atoms with Crippen molar-refractivity contribution in [2.75, 3.05) is 0 Å². The van der Waals surface area contributed by atoms with Crippen LogP contribution in [0.2, 0.25) is 0 Å². The quantitative estimate of drug-likeness (QED) is 0.186. The highest BCUT2D eigenvalue weighted by Crippen LogP contribution is 2.41. The molecule has 0 aliphatic carbocycles. The molecule has 238 valence electrons. The van der Waals surface area contributed by atoms with Crippen LogP contribution in [0.25, 0.3) is 99.9 Å². The number of benzene rings is 8. The van der Waals surface area contributed by atoms with E-state index in [0.29, 0.717) is 17.5 Å². The normalized spacial score (nSPS) is 11.5.